The molecule has 0 spiro atoms. The van der Waals surface area contributed by atoms with Crippen LogP contribution >= 0.6 is 36.2 Å². The number of likely N-dealkylation sites (tertiary alicyclic amines) is 1. The van der Waals surface area contributed by atoms with Crippen LogP contribution in [-0.4, -0.2) is 34.9 Å². The summed E-state index contributed by atoms with van der Waals surface area (Å²) in [6.45, 7) is 3.57. The maximum atomic E-state index is 12.7. The number of amides is 1. The molecule has 1 aromatic carbocycles. The average Bonchev–Trinajstić information content (AvgIpc) is 3.02. The summed E-state index contributed by atoms with van der Waals surface area (Å²) in [7, 11) is 0. The first kappa shape index (κ1) is 21.9. The zero-order valence-electron chi connectivity index (χ0n) is 14.3. The van der Waals surface area contributed by atoms with Gasteiger partial charge >= 0.3 is 0 Å². The Labute approximate surface area is 165 Å². The molecule has 1 aliphatic heterocycles. The van der Waals surface area contributed by atoms with Crippen molar-refractivity contribution in [2.75, 3.05) is 13.1 Å². The molecular formula is C18H25Cl2N3OS. The SMILES string of the molecule is Cc1csc(C2CCCN(C(=O)C(N)Cc3ccccc3)C2)n1.Cl.Cl. The van der Waals surface area contributed by atoms with Gasteiger partial charge in [-0.15, -0.1) is 36.2 Å². The minimum absolute atomic E-state index is 0. The Kier molecular flexibility index (Phi) is 8.86. The van der Waals surface area contributed by atoms with Crippen molar-refractivity contribution in [2.24, 2.45) is 5.73 Å². The number of thiazole rings is 1. The van der Waals surface area contributed by atoms with Crippen LogP contribution in [0.25, 0.3) is 0 Å². The normalized spacial score (nSPS) is 18.0. The molecule has 0 saturated carbocycles. The molecule has 4 nitrogen and oxygen atoms in total. The molecule has 2 unspecified atom stereocenters. The van der Waals surface area contributed by atoms with Crippen molar-refractivity contribution < 1.29 is 4.79 Å². The molecule has 1 aromatic heterocycles. The van der Waals surface area contributed by atoms with E-state index < -0.39 is 6.04 Å². The van der Waals surface area contributed by atoms with Crippen molar-refractivity contribution in [3.63, 3.8) is 0 Å². The predicted molar refractivity (Wildman–Crippen MR) is 108 cm³/mol. The summed E-state index contributed by atoms with van der Waals surface area (Å²) in [5.41, 5.74) is 8.34. The number of benzene rings is 1. The Balaban J connectivity index is 0.00000156. The molecule has 1 aliphatic rings. The van der Waals surface area contributed by atoms with Gasteiger partial charge in [-0.2, -0.15) is 0 Å². The van der Waals surface area contributed by atoms with E-state index in [1.54, 1.807) is 11.3 Å². The number of hydrogen-bond acceptors (Lipinski definition) is 4. The summed E-state index contributed by atoms with van der Waals surface area (Å²) in [6, 6.07) is 9.51. The largest absolute Gasteiger partial charge is 0.341 e. The highest BCUT2D eigenvalue weighted by atomic mass is 35.5. The highest BCUT2D eigenvalue weighted by Gasteiger charge is 2.29. The number of piperidine rings is 1. The number of carbonyl (C=O) groups excluding carboxylic acids is 1. The number of aromatic nitrogens is 1. The van der Waals surface area contributed by atoms with Gasteiger partial charge in [-0.25, -0.2) is 4.98 Å². The van der Waals surface area contributed by atoms with E-state index in [2.05, 4.69) is 10.4 Å². The third-order valence-electron chi connectivity index (χ3n) is 4.33. The third-order valence-corrected chi connectivity index (χ3v) is 5.46. The molecular weight excluding hydrogens is 377 g/mol. The molecule has 1 amide bonds. The second kappa shape index (κ2) is 10.1. The van der Waals surface area contributed by atoms with Crippen LogP contribution in [0.2, 0.25) is 0 Å². The van der Waals surface area contributed by atoms with Gasteiger partial charge in [-0.3, -0.25) is 4.79 Å². The molecule has 7 heteroatoms. The zero-order chi connectivity index (χ0) is 16.2. The molecule has 2 N–H and O–H groups in total. The van der Waals surface area contributed by atoms with E-state index in [4.69, 9.17) is 5.73 Å². The van der Waals surface area contributed by atoms with Crippen molar-refractivity contribution in [3.8, 4) is 0 Å². The lowest BCUT2D eigenvalue weighted by atomic mass is 9.97. The number of aryl methyl sites for hydroxylation is 1. The molecule has 1 fully saturated rings. The lowest BCUT2D eigenvalue weighted by Gasteiger charge is -2.33. The van der Waals surface area contributed by atoms with E-state index in [0.717, 1.165) is 42.2 Å². The topological polar surface area (TPSA) is 59.2 Å². The molecule has 2 heterocycles. The minimum atomic E-state index is -0.464. The molecule has 3 rings (SSSR count). The highest BCUT2D eigenvalue weighted by molar-refractivity contribution is 7.09. The molecule has 25 heavy (non-hydrogen) atoms. The quantitative estimate of drug-likeness (QED) is 0.851. The highest BCUT2D eigenvalue weighted by Crippen LogP contribution is 2.29. The number of carbonyl (C=O) groups is 1. The van der Waals surface area contributed by atoms with Crippen LogP contribution in [0.4, 0.5) is 0 Å². The Morgan fingerprint density at radius 1 is 1.36 bits per heavy atom. The maximum absolute atomic E-state index is 12.7. The van der Waals surface area contributed by atoms with E-state index in [1.807, 2.05) is 42.2 Å². The van der Waals surface area contributed by atoms with E-state index in [1.165, 1.54) is 0 Å². The smallest absolute Gasteiger partial charge is 0.239 e. The van der Waals surface area contributed by atoms with Crippen molar-refractivity contribution in [2.45, 2.75) is 38.1 Å². The Morgan fingerprint density at radius 2 is 2.08 bits per heavy atom. The fourth-order valence-corrected chi connectivity index (χ4v) is 4.05. The third kappa shape index (κ3) is 5.68. The lowest BCUT2D eigenvalue weighted by Crippen LogP contribution is -2.48. The van der Waals surface area contributed by atoms with Crippen LogP contribution in [0.15, 0.2) is 35.7 Å². The average molecular weight is 402 g/mol. The number of rotatable bonds is 4. The van der Waals surface area contributed by atoms with Crippen LogP contribution in [0, 0.1) is 6.92 Å². The first-order valence-electron chi connectivity index (χ1n) is 8.14. The molecule has 138 valence electrons. The Bertz CT molecular complexity index is 665. The molecule has 0 bridgehead atoms. The van der Waals surface area contributed by atoms with Crippen molar-refractivity contribution >= 4 is 42.1 Å². The van der Waals surface area contributed by atoms with Gasteiger partial charge in [0.2, 0.25) is 5.91 Å². The molecule has 0 radical (unpaired) electrons. The van der Waals surface area contributed by atoms with Gasteiger partial charge in [0.25, 0.3) is 0 Å². The first-order valence-corrected chi connectivity index (χ1v) is 9.02. The summed E-state index contributed by atoms with van der Waals surface area (Å²) in [4.78, 5) is 19.2. The predicted octanol–water partition coefficient (Wildman–Crippen LogP) is 3.57. The van der Waals surface area contributed by atoms with Crippen LogP contribution < -0.4 is 5.73 Å². The van der Waals surface area contributed by atoms with Crippen LogP contribution in [0.1, 0.15) is 35.0 Å². The Hall–Kier alpha value is -1.14. The summed E-state index contributed by atoms with van der Waals surface area (Å²) in [6.07, 6.45) is 2.72. The monoisotopic (exact) mass is 401 g/mol. The van der Waals surface area contributed by atoms with E-state index in [0.29, 0.717) is 12.3 Å². The summed E-state index contributed by atoms with van der Waals surface area (Å²) in [5.74, 6) is 0.419. The maximum Gasteiger partial charge on any atom is 0.239 e. The number of hydrogen-bond donors (Lipinski definition) is 1. The first-order chi connectivity index (χ1) is 11.1. The minimum Gasteiger partial charge on any atom is -0.341 e. The zero-order valence-corrected chi connectivity index (χ0v) is 16.7. The molecule has 0 aliphatic carbocycles. The van der Waals surface area contributed by atoms with Gasteiger partial charge in [-0.1, -0.05) is 30.3 Å². The van der Waals surface area contributed by atoms with E-state index in [-0.39, 0.29) is 30.7 Å². The van der Waals surface area contributed by atoms with Crippen LogP contribution in [0.5, 0.6) is 0 Å². The number of halogens is 2. The molecule has 2 atom stereocenters. The number of nitrogens with zero attached hydrogens (tertiary/aromatic N) is 2. The fraction of sp³-hybridized carbons (Fsp3) is 0.444. The van der Waals surface area contributed by atoms with Gasteiger partial charge in [0.1, 0.15) is 0 Å². The second-order valence-corrected chi connectivity index (χ2v) is 7.14. The lowest BCUT2D eigenvalue weighted by molar-refractivity contribution is -0.133. The van der Waals surface area contributed by atoms with Crippen molar-refractivity contribution in [1.82, 2.24) is 9.88 Å². The molecule has 2 aromatic rings. The van der Waals surface area contributed by atoms with Gasteiger partial charge in [-0.05, 0) is 31.7 Å². The summed E-state index contributed by atoms with van der Waals surface area (Å²) < 4.78 is 0. The van der Waals surface area contributed by atoms with Crippen molar-refractivity contribution in [1.29, 1.82) is 0 Å². The second-order valence-electron chi connectivity index (χ2n) is 6.25. The van der Waals surface area contributed by atoms with Crippen LogP contribution in [-0.2, 0) is 11.2 Å². The van der Waals surface area contributed by atoms with Gasteiger partial charge < -0.3 is 10.6 Å². The standard InChI is InChI=1S/C18H23N3OS.2ClH/c1-13-12-23-17(20-13)15-8-5-9-21(11-15)18(22)16(19)10-14-6-3-2-4-7-14;;/h2-4,6-7,12,15-16H,5,8-11,19H2,1H3;2*1H. The molecule has 1 saturated heterocycles. The number of nitrogens with two attached hydrogens (primary N) is 1. The van der Waals surface area contributed by atoms with Gasteiger partial charge in [0.05, 0.1) is 11.0 Å². The van der Waals surface area contributed by atoms with Gasteiger partial charge in [0.15, 0.2) is 0 Å². The summed E-state index contributed by atoms with van der Waals surface area (Å²) in [5, 5.41) is 3.23. The van der Waals surface area contributed by atoms with E-state index in [9.17, 15) is 4.79 Å². The van der Waals surface area contributed by atoms with E-state index >= 15 is 0 Å². The summed E-state index contributed by atoms with van der Waals surface area (Å²) >= 11 is 1.70. The fourth-order valence-electron chi connectivity index (χ4n) is 3.13. The van der Waals surface area contributed by atoms with Gasteiger partial charge in [0, 0.05) is 30.1 Å². The van der Waals surface area contributed by atoms with Crippen LogP contribution in [0.3, 0.4) is 0 Å². The Morgan fingerprint density at radius 3 is 2.72 bits per heavy atom. The van der Waals surface area contributed by atoms with Crippen molar-refractivity contribution in [3.05, 3.63) is 52.0 Å².